The van der Waals surface area contributed by atoms with Crippen molar-refractivity contribution in [1.29, 1.82) is 0 Å². The van der Waals surface area contributed by atoms with Crippen molar-refractivity contribution in [2.45, 2.75) is 56.3 Å². The van der Waals surface area contributed by atoms with E-state index in [1.54, 1.807) is 0 Å². The zero-order chi connectivity index (χ0) is 11.2. The van der Waals surface area contributed by atoms with Crippen LogP contribution in [-0.2, 0) is 4.74 Å². The van der Waals surface area contributed by atoms with Crippen molar-refractivity contribution in [3.8, 4) is 0 Å². The number of nitrogens with zero attached hydrogens (tertiary/aromatic N) is 2. The largest absolute Gasteiger partial charge is 0.374 e. The highest BCUT2D eigenvalue weighted by Crippen LogP contribution is 2.43. The summed E-state index contributed by atoms with van der Waals surface area (Å²) in [7, 11) is 0. The smallest absolute Gasteiger partial charge is 0.243 e. The highest BCUT2D eigenvalue weighted by molar-refractivity contribution is 5.08. The van der Waals surface area contributed by atoms with Gasteiger partial charge in [-0.25, -0.2) is 0 Å². The molecule has 4 atom stereocenters. The van der Waals surface area contributed by atoms with Crippen molar-refractivity contribution in [1.82, 2.24) is 15.5 Å². The normalized spacial score (nSPS) is 40.2. The van der Waals surface area contributed by atoms with E-state index >= 15 is 0 Å². The second-order valence-corrected chi connectivity index (χ2v) is 5.36. The molecule has 3 saturated heterocycles. The molecule has 3 aliphatic rings. The Balaban J connectivity index is 1.54. The molecule has 4 rings (SSSR count). The second kappa shape index (κ2) is 3.78. The number of fused-ring (bicyclic) bond motifs is 2. The summed E-state index contributed by atoms with van der Waals surface area (Å²) in [6, 6.07) is 0.274. The SMILES string of the molecule is C1CNC(c2nc(C3CC4CCC3O4)no2)C1. The van der Waals surface area contributed by atoms with E-state index in [4.69, 9.17) is 9.26 Å². The predicted octanol–water partition coefficient (Wildman–Crippen LogP) is 1.53. The summed E-state index contributed by atoms with van der Waals surface area (Å²) in [4.78, 5) is 4.57. The van der Waals surface area contributed by atoms with Crippen LogP contribution < -0.4 is 5.32 Å². The average Bonchev–Trinajstić information content (AvgIpc) is 3.12. The fraction of sp³-hybridized carbons (Fsp3) is 0.833. The van der Waals surface area contributed by atoms with Gasteiger partial charge in [-0.2, -0.15) is 4.98 Å². The molecule has 0 amide bonds. The molecule has 0 spiro atoms. The first-order valence-corrected chi connectivity index (χ1v) is 6.62. The molecular weight excluding hydrogens is 218 g/mol. The molecule has 3 aliphatic heterocycles. The Morgan fingerprint density at radius 1 is 1.24 bits per heavy atom. The zero-order valence-electron chi connectivity index (χ0n) is 9.76. The molecule has 1 aromatic heterocycles. The first kappa shape index (κ1) is 10.0. The van der Waals surface area contributed by atoms with Gasteiger partial charge in [0, 0.05) is 0 Å². The lowest BCUT2D eigenvalue weighted by Crippen LogP contribution is -2.16. The molecule has 4 heterocycles. The molecule has 17 heavy (non-hydrogen) atoms. The predicted molar refractivity (Wildman–Crippen MR) is 59.5 cm³/mol. The molecule has 5 heteroatoms. The Labute approximate surface area is 99.9 Å². The van der Waals surface area contributed by atoms with E-state index in [1.807, 2.05) is 0 Å². The van der Waals surface area contributed by atoms with Gasteiger partial charge in [0.25, 0.3) is 0 Å². The Kier molecular flexibility index (Phi) is 2.23. The van der Waals surface area contributed by atoms with E-state index in [0.717, 1.165) is 37.5 Å². The molecule has 1 N–H and O–H groups in total. The number of rotatable bonds is 2. The summed E-state index contributed by atoms with van der Waals surface area (Å²) in [6.45, 7) is 1.06. The third kappa shape index (κ3) is 1.60. The Bertz CT molecular complexity index is 414. The lowest BCUT2D eigenvalue weighted by atomic mass is 9.89. The number of hydrogen-bond acceptors (Lipinski definition) is 5. The molecule has 0 saturated carbocycles. The van der Waals surface area contributed by atoms with Gasteiger partial charge in [-0.05, 0) is 38.6 Å². The summed E-state index contributed by atoms with van der Waals surface area (Å²) < 4.78 is 11.2. The average molecular weight is 235 g/mol. The molecule has 0 aliphatic carbocycles. The van der Waals surface area contributed by atoms with Gasteiger partial charge in [-0.15, -0.1) is 0 Å². The molecule has 0 radical (unpaired) electrons. The minimum Gasteiger partial charge on any atom is -0.374 e. The monoisotopic (exact) mass is 235 g/mol. The van der Waals surface area contributed by atoms with Gasteiger partial charge in [0.15, 0.2) is 5.82 Å². The molecule has 1 aromatic rings. The Morgan fingerprint density at radius 3 is 2.94 bits per heavy atom. The van der Waals surface area contributed by atoms with E-state index in [1.165, 1.54) is 12.8 Å². The number of nitrogens with one attached hydrogen (secondary N) is 1. The number of aromatic nitrogens is 2. The van der Waals surface area contributed by atoms with Crippen LogP contribution in [0.5, 0.6) is 0 Å². The lowest BCUT2D eigenvalue weighted by Gasteiger charge is -2.13. The van der Waals surface area contributed by atoms with Crippen LogP contribution >= 0.6 is 0 Å². The van der Waals surface area contributed by atoms with E-state index in [2.05, 4.69) is 15.5 Å². The summed E-state index contributed by atoms with van der Waals surface area (Å²) in [5, 5.41) is 7.54. The van der Waals surface area contributed by atoms with Crippen LogP contribution in [0, 0.1) is 0 Å². The maximum Gasteiger partial charge on any atom is 0.243 e. The van der Waals surface area contributed by atoms with Crippen LogP contribution in [0.2, 0.25) is 0 Å². The first-order valence-electron chi connectivity index (χ1n) is 6.62. The summed E-state index contributed by atoms with van der Waals surface area (Å²) in [5.41, 5.74) is 0. The van der Waals surface area contributed by atoms with Crippen LogP contribution in [0.3, 0.4) is 0 Å². The molecule has 92 valence electrons. The zero-order valence-corrected chi connectivity index (χ0v) is 9.76. The van der Waals surface area contributed by atoms with Crippen molar-refractivity contribution in [3.05, 3.63) is 11.7 Å². The molecule has 5 nitrogen and oxygen atoms in total. The van der Waals surface area contributed by atoms with Crippen molar-refractivity contribution in [2.75, 3.05) is 6.54 Å². The summed E-state index contributed by atoms with van der Waals surface area (Å²) in [5.74, 6) is 1.99. The van der Waals surface area contributed by atoms with E-state index < -0.39 is 0 Å². The van der Waals surface area contributed by atoms with Gasteiger partial charge in [-0.3, -0.25) is 0 Å². The van der Waals surface area contributed by atoms with E-state index in [9.17, 15) is 0 Å². The van der Waals surface area contributed by atoms with E-state index in [0.29, 0.717) is 18.1 Å². The van der Waals surface area contributed by atoms with Crippen LogP contribution in [0.4, 0.5) is 0 Å². The van der Waals surface area contributed by atoms with Crippen molar-refractivity contribution in [2.24, 2.45) is 0 Å². The topological polar surface area (TPSA) is 60.2 Å². The number of ether oxygens (including phenoxy) is 1. The minimum absolute atomic E-state index is 0.274. The second-order valence-electron chi connectivity index (χ2n) is 5.36. The summed E-state index contributed by atoms with van der Waals surface area (Å²) >= 11 is 0. The lowest BCUT2D eigenvalue weighted by molar-refractivity contribution is 0.0996. The molecule has 3 fully saturated rings. The molecular formula is C12H17N3O2. The van der Waals surface area contributed by atoms with Crippen molar-refractivity contribution < 1.29 is 9.26 Å². The quantitative estimate of drug-likeness (QED) is 0.842. The van der Waals surface area contributed by atoms with Gasteiger partial charge in [0.05, 0.1) is 24.2 Å². The maximum absolute atomic E-state index is 5.84. The van der Waals surface area contributed by atoms with Gasteiger partial charge >= 0.3 is 0 Å². The van der Waals surface area contributed by atoms with Crippen LogP contribution in [0.1, 0.15) is 55.8 Å². The Hall–Kier alpha value is -0.940. The summed E-state index contributed by atoms with van der Waals surface area (Å²) in [6.07, 6.45) is 6.51. The third-order valence-corrected chi connectivity index (χ3v) is 4.25. The fourth-order valence-electron chi connectivity index (χ4n) is 3.34. The van der Waals surface area contributed by atoms with Crippen LogP contribution in [-0.4, -0.2) is 28.9 Å². The standard InChI is InChI=1S/C12H17N3O2/c1-2-9(13-5-1)12-14-11(15-17-12)8-6-7-3-4-10(8)16-7/h7-10,13H,1-6H2. The van der Waals surface area contributed by atoms with Gasteiger partial charge in [0.1, 0.15) is 0 Å². The van der Waals surface area contributed by atoms with Gasteiger partial charge in [-0.1, -0.05) is 5.16 Å². The molecule has 4 unspecified atom stereocenters. The third-order valence-electron chi connectivity index (χ3n) is 4.25. The van der Waals surface area contributed by atoms with E-state index in [-0.39, 0.29) is 6.04 Å². The highest BCUT2D eigenvalue weighted by atomic mass is 16.5. The number of hydrogen-bond donors (Lipinski definition) is 1. The first-order chi connectivity index (χ1) is 8.40. The van der Waals surface area contributed by atoms with Gasteiger partial charge in [0.2, 0.25) is 5.89 Å². The van der Waals surface area contributed by atoms with Crippen molar-refractivity contribution in [3.63, 3.8) is 0 Å². The van der Waals surface area contributed by atoms with Gasteiger partial charge < -0.3 is 14.6 Å². The molecule has 2 bridgehead atoms. The minimum atomic E-state index is 0.274. The maximum atomic E-state index is 5.84. The van der Waals surface area contributed by atoms with Crippen LogP contribution in [0.15, 0.2) is 4.52 Å². The Morgan fingerprint density at radius 2 is 2.24 bits per heavy atom. The fourth-order valence-corrected chi connectivity index (χ4v) is 3.34. The highest BCUT2D eigenvalue weighted by Gasteiger charge is 2.43. The molecule has 0 aromatic carbocycles. The van der Waals surface area contributed by atoms with Crippen LogP contribution in [0.25, 0.3) is 0 Å². The van der Waals surface area contributed by atoms with Crippen molar-refractivity contribution >= 4 is 0 Å².